The lowest BCUT2D eigenvalue weighted by molar-refractivity contribution is -0.138. The average Bonchev–Trinajstić information content (AvgIpc) is 2.85. The van der Waals surface area contributed by atoms with E-state index in [4.69, 9.17) is 4.74 Å². The molecular formula is C24H30FN3O4S. The van der Waals surface area contributed by atoms with Crippen molar-refractivity contribution >= 4 is 15.9 Å². The van der Waals surface area contributed by atoms with Crippen molar-refractivity contribution in [2.45, 2.75) is 36.7 Å². The summed E-state index contributed by atoms with van der Waals surface area (Å²) in [5, 5.41) is 0. The maximum absolute atomic E-state index is 14.0. The predicted molar refractivity (Wildman–Crippen MR) is 123 cm³/mol. The Balaban J connectivity index is 1.39. The highest BCUT2D eigenvalue weighted by Crippen LogP contribution is 2.27. The zero-order chi connectivity index (χ0) is 23.4. The second kappa shape index (κ2) is 10.2. The lowest BCUT2D eigenvalue weighted by Crippen LogP contribution is -2.56. The molecule has 0 bridgehead atoms. The summed E-state index contributed by atoms with van der Waals surface area (Å²) in [7, 11) is -2.29. The standard InChI is InChI=1S/C24H30FN3O4S/c1-32-23-11-10-19(17-21(23)25)18-26-13-15-27(16-14-26)24(29)22-9-5-6-12-28(22)33(30,31)20-7-3-2-4-8-20/h2-4,7-8,10-11,17,22H,5-6,9,12-16,18H2,1H3/t22-/m1/s1. The van der Waals surface area contributed by atoms with Crippen LogP contribution in [0.1, 0.15) is 24.8 Å². The highest BCUT2D eigenvalue weighted by Gasteiger charge is 2.39. The van der Waals surface area contributed by atoms with Crippen molar-refractivity contribution in [3.8, 4) is 5.75 Å². The van der Waals surface area contributed by atoms with Gasteiger partial charge in [-0.2, -0.15) is 4.31 Å². The average molecular weight is 476 g/mol. The van der Waals surface area contributed by atoms with Crippen LogP contribution in [0.5, 0.6) is 5.75 Å². The van der Waals surface area contributed by atoms with Crippen molar-refractivity contribution in [2.24, 2.45) is 0 Å². The monoisotopic (exact) mass is 475 g/mol. The number of amides is 1. The van der Waals surface area contributed by atoms with Crippen molar-refractivity contribution in [3.63, 3.8) is 0 Å². The lowest BCUT2D eigenvalue weighted by atomic mass is 10.0. The topological polar surface area (TPSA) is 70.2 Å². The maximum Gasteiger partial charge on any atom is 0.243 e. The van der Waals surface area contributed by atoms with Crippen molar-refractivity contribution in [3.05, 3.63) is 59.9 Å². The van der Waals surface area contributed by atoms with Gasteiger partial charge in [0.05, 0.1) is 12.0 Å². The summed E-state index contributed by atoms with van der Waals surface area (Å²) in [6.07, 6.45) is 2.12. The zero-order valence-corrected chi connectivity index (χ0v) is 19.6. The number of carbonyl (C=O) groups is 1. The Morgan fingerprint density at radius 2 is 1.76 bits per heavy atom. The number of piperazine rings is 1. The molecule has 2 fully saturated rings. The van der Waals surface area contributed by atoms with Crippen LogP contribution in [-0.2, 0) is 21.4 Å². The van der Waals surface area contributed by atoms with Gasteiger partial charge in [-0.15, -0.1) is 0 Å². The first-order valence-electron chi connectivity index (χ1n) is 11.3. The summed E-state index contributed by atoms with van der Waals surface area (Å²) < 4.78 is 46.8. The number of rotatable bonds is 6. The van der Waals surface area contributed by atoms with E-state index in [9.17, 15) is 17.6 Å². The largest absolute Gasteiger partial charge is 0.494 e. The van der Waals surface area contributed by atoms with Gasteiger partial charge in [-0.3, -0.25) is 9.69 Å². The minimum atomic E-state index is -3.73. The third-order valence-electron chi connectivity index (χ3n) is 6.39. The second-order valence-corrected chi connectivity index (χ2v) is 10.4. The SMILES string of the molecule is COc1ccc(CN2CCN(C(=O)[C@H]3CCCCN3S(=O)(=O)c3ccccc3)CC2)cc1F. The van der Waals surface area contributed by atoms with Crippen LogP contribution in [0.2, 0.25) is 0 Å². The molecule has 0 N–H and O–H groups in total. The molecular weight excluding hydrogens is 445 g/mol. The Morgan fingerprint density at radius 3 is 2.42 bits per heavy atom. The minimum absolute atomic E-state index is 0.121. The number of nitrogens with zero attached hydrogens (tertiary/aromatic N) is 3. The van der Waals surface area contributed by atoms with Gasteiger partial charge in [0, 0.05) is 39.3 Å². The Labute approximate surface area is 194 Å². The molecule has 1 amide bonds. The molecule has 0 aliphatic carbocycles. The normalized spacial score (nSPS) is 20.5. The highest BCUT2D eigenvalue weighted by molar-refractivity contribution is 7.89. The molecule has 2 heterocycles. The Morgan fingerprint density at radius 1 is 1.03 bits per heavy atom. The van der Waals surface area contributed by atoms with Crippen LogP contribution in [0.15, 0.2) is 53.4 Å². The van der Waals surface area contributed by atoms with Crippen LogP contribution >= 0.6 is 0 Å². The van der Waals surface area contributed by atoms with Gasteiger partial charge in [-0.25, -0.2) is 12.8 Å². The third kappa shape index (κ3) is 5.20. The number of hydrogen-bond acceptors (Lipinski definition) is 5. The van der Waals surface area contributed by atoms with Crippen LogP contribution in [0.4, 0.5) is 4.39 Å². The molecule has 7 nitrogen and oxygen atoms in total. The molecule has 2 aromatic rings. The molecule has 9 heteroatoms. The fourth-order valence-electron chi connectivity index (χ4n) is 4.57. The summed E-state index contributed by atoms with van der Waals surface area (Å²) in [6, 6.07) is 12.6. The molecule has 178 valence electrons. The highest BCUT2D eigenvalue weighted by atomic mass is 32.2. The summed E-state index contributed by atoms with van der Waals surface area (Å²) in [4.78, 5) is 17.5. The molecule has 2 saturated heterocycles. The number of hydrogen-bond donors (Lipinski definition) is 0. The first kappa shape index (κ1) is 23.7. The molecule has 2 aromatic carbocycles. The molecule has 33 heavy (non-hydrogen) atoms. The van der Waals surface area contributed by atoms with Gasteiger partial charge >= 0.3 is 0 Å². The fraction of sp³-hybridized carbons (Fsp3) is 0.458. The van der Waals surface area contributed by atoms with Gasteiger partial charge < -0.3 is 9.64 Å². The van der Waals surface area contributed by atoms with E-state index < -0.39 is 16.1 Å². The summed E-state index contributed by atoms with van der Waals surface area (Å²) in [5.74, 6) is -0.290. The first-order chi connectivity index (χ1) is 15.9. The maximum atomic E-state index is 14.0. The number of piperidine rings is 1. The van der Waals surface area contributed by atoms with Crippen LogP contribution < -0.4 is 4.74 Å². The molecule has 0 unspecified atom stereocenters. The van der Waals surface area contributed by atoms with E-state index in [-0.39, 0.29) is 22.4 Å². The smallest absolute Gasteiger partial charge is 0.243 e. The van der Waals surface area contributed by atoms with E-state index in [1.165, 1.54) is 17.5 Å². The number of methoxy groups -OCH3 is 1. The Bertz CT molecular complexity index is 1070. The Hall–Kier alpha value is -2.49. The predicted octanol–water partition coefficient (Wildman–Crippen LogP) is 2.72. The lowest BCUT2D eigenvalue weighted by Gasteiger charge is -2.40. The van der Waals surface area contributed by atoms with Crippen molar-refractivity contribution < 1.29 is 22.3 Å². The number of benzene rings is 2. The summed E-state index contributed by atoms with van der Waals surface area (Å²) in [5.41, 5.74) is 0.848. The van der Waals surface area contributed by atoms with Gasteiger partial charge in [0.25, 0.3) is 0 Å². The van der Waals surface area contributed by atoms with Crippen molar-refractivity contribution in [2.75, 3.05) is 39.8 Å². The summed E-state index contributed by atoms with van der Waals surface area (Å²) in [6.45, 7) is 3.28. The Kier molecular flexibility index (Phi) is 7.31. The first-order valence-corrected chi connectivity index (χ1v) is 12.7. The van der Waals surface area contributed by atoms with Gasteiger partial charge in [0.2, 0.25) is 15.9 Å². The third-order valence-corrected chi connectivity index (χ3v) is 8.32. The van der Waals surface area contributed by atoms with Crippen molar-refractivity contribution in [1.82, 2.24) is 14.1 Å². The molecule has 1 atom stereocenters. The van der Waals surface area contributed by atoms with Crippen molar-refractivity contribution in [1.29, 1.82) is 0 Å². The van der Waals surface area contributed by atoms with Gasteiger partial charge in [0.15, 0.2) is 11.6 Å². The van der Waals surface area contributed by atoms with Crippen LogP contribution in [0.25, 0.3) is 0 Å². The van der Waals surface area contributed by atoms with E-state index in [0.717, 1.165) is 18.4 Å². The molecule has 0 spiro atoms. The molecule has 0 radical (unpaired) electrons. The van der Waals surface area contributed by atoms with E-state index in [2.05, 4.69) is 4.90 Å². The van der Waals surface area contributed by atoms with E-state index in [1.54, 1.807) is 41.3 Å². The summed E-state index contributed by atoms with van der Waals surface area (Å²) >= 11 is 0. The van der Waals surface area contributed by atoms with E-state index in [1.807, 2.05) is 6.07 Å². The van der Waals surface area contributed by atoms with Gasteiger partial charge in [0.1, 0.15) is 6.04 Å². The minimum Gasteiger partial charge on any atom is -0.494 e. The van der Waals surface area contributed by atoms with Gasteiger partial charge in [-0.05, 0) is 42.7 Å². The number of carbonyl (C=O) groups excluding carboxylic acids is 1. The van der Waals surface area contributed by atoms with Crippen LogP contribution in [0.3, 0.4) is 0 Å². The second-order valence-electron chi connectivity index (χ2n) is 8.51. The molecule has 2 aliphatic heterocycles. The number of sulfonamides is 1. The van der Waals surface area contributed by atoms with Crippen LogP contribution in [-0.4, -0.2) is 74.3 Å². The van der Waals surface area contributed by atoms with Crippen LogP contribution in [0, 0.1) is 5.82 Å². The molecule has 0 aromatic heterocycles. The molecule has 2 aliphatic rings. The van der Waals surface area contributed by atoms with E-state index in [0.29, 0.717) is 45.7 Å². The number of halogens is 1. The molecule has 0 saturated carbocycles. The van der Waals surface area contributed by atoms with E-state index >= 15 is 0 Å². The zero-order valence-electron chi connectivity index (χ0n) is 18.8. The number of ether oxygens (including phenoxy) is 1. The van der Waals surface area contributed by atoms with Gasteiger partial charge in [-0.1, -0.05) is 30.7 Å². The fourth-order valence-corrected chi connectivity index (χ4v) is 6.24. The molecule has 4 rings (SSSR count). The quantitative estimate of drug-likeness (QED) is 0.643.